The van der Waals surface area contributed by atoms with Crippen molar-refractivity contribution in [2.75, 3.05) is 11.5 Å². The van der Waals surface area contributed by atoms with Crippen molar-refractivity contribution in [3.05, 3.63) is 57.6 Å². The third-order valence-electron chi connectivity index (χ3n) is 4.18. The normalized spacial score (nSPS) is 12.9. The van der Waals surface area contributed by atoms with E-state index in [1.165, 1.54) is 36.4 Å². The average molecular weight is 457 g/mol. The number of esters is 1. The van der Waals surface area contributed by atoms with Gasteiger partial charge in [-0.2, -0.15) is 0 Å². The lowest BCUT2D eigenvalue weighted by Crippen LogP contribution is -2.43. The zero-order valence-electron chi connectivity index (χ0n) is 15.3. The number of ether oxygens (including phenoxy) is 1. The number of nitrogen functional groups attached to an aromatic ring is 2. The number of aliphatic hydroxyl groups is 1. The van der Waals surface area contributed by atoms with Gasteiger partial charge in [0.05, 0.1) is 34.3 Å². The number of rotatable bonds is 8. The van der Waals surface area contributed by atoms with E-state index in [9.17, 15) is 19.5 Å². The molecule has 1 unspecified atom stereocenters. The first-order valence-electron chi connectivity index (χ1n) is 8.40. The number of halogens is 2. The Bertz CT molecular complexity index is 947. The molecule has 0 fully saturated rings. The Morgan fingerprint density at radius 1 is 0.933 bits per heavy atom. The van der Waals surface area contributed by atoms with Gasteiger partial charge in [0, 0.05) is 0 Å². The van der Waals surface area contributed by atoms with Gasteiger partial charge in [-0.1, -0.05) is 35.3 Å². The van der Waals surface area contributed by atoms with Crippen LogP contribution in [-0.2, 0) is 19.1 Å². The van der Waals surface area contributed by atoms with Crippen LogP contribution in [0.15, 0.2) is 36.4 Å². The van der Waals surface area contributed by atoms with Gasteiger partial charge in [-0.25, -0.2) is 4.79 Å². The highest BCUT2D eigenvalue weighted by Crippen LogP contribution is 2.34. The molecule has 160 valence electrons. The molecule has 0 aromatic heterocycles. The maximum Gasteiger partial charge on any atom is 0.336 e. The maximum absolute atomic E-state index is 12.5. The number of carboxylic acid groups (broad SMARTS) is 2. The molecular weight excluding hydrogens is 439 g/mol. The molecule has 0 aliphatic rings. The van der Waals surface area contributed by atoms with Crippen molar-refractivity contribution < 1.29 is 34.4 Å². The van der Waals surface area contributed by atoms with Crippen LogP contribution in [0, 0.1) is 0 Å². The minimum absolute atomic E-state index is 0.183. The topological polar surface area (TPSA) is 173 Å². The van der Waals surface area contributed by atoms with Gasteiger partial charge < -0.3 is 31.5 Å². The Labute approximate surface area is 180 Å². The predicted octanol–water partition coefficient (Wildman–Crippen LogP) is 2.47. The summed E-state index contributed by atoms with van der Waals surface area (Å²) in [7, 11) is 0. The van der Waals surface area contributed by atoms with Crippen molar-refractivity contribution in [3.63, 3.8) is 0 Å². The number of hydrogen-bond acceptors (Lipinski definition) is 7. The van der Waals surface area contributed by atoms with Gasteiger partial charge in [-0.15, -0.1) is 0 Å². The fourth-order valence-electron chi connectivity index (χ4n) is 2.62. The number of benzene rings is 2. The molecular formula is C19H18Cl2N2O7. The monoisotopic (exact) mass is 456 g/mol. The van der Waals surface area contributed by atoms with E-state index in [1.54, 1.807) is 0 Å². The Hall–Kier alpha value is -3.01. The van der Waals surface area contributed by atoms with Gasteiger partial charge in [0.15, 0.2) is 11.7 Å². The largest absolute Gasteiger partial charge is 0.481 e. The first kappa shape index (κ1) is 23.3. The molecule has 0 radical (unpaired) electrons. The summed E-state index contributed by atoms with van der Waals surface area (Å²) >= 11 is 12.1. The summed E-state index contributed by atoms with van der Waals surface area (Å²) in [5.41, 5.74) is 9.88. The Morgan fingerprint density at radius 2 is 1.40 bits per heavy atom. The molecule has 0 aliphatic heterocycles. The summed E-state index contributed by atoms with van der Waals surface area (Å²) in [5.74, 6) is -4.63. The van der Waals surface area contributed by atoms with E-state index in [4.69, 9.17) is 49.6 Å². The lowest BCUT2D eigenvalue weighted by Gasteiger charge is -2.24. The lowest BCUT2D eigenvalue weighted by molar-refractivity contribution is -0.173. The number of nitrogens with two attached hydrogens (primary N) is 2. The van der Waals surface area contributed by atoms with Crippen LogP contribution in [0.25, 0.3) is 0 Å². The fourth-order valence-corrected chi connectivity index (χ4v) is 3.00. The number of anilines is 2. The molecule has 0 spiro atoms. The Balaban J connectivity index is 2.40. The van der Waals surface area contributed by atoms with E-state index in [0.29, 0.717) is 11.1 Å². The minimum Gasteiger partial charge on any atom is -0.481 e. The quantitative estimate of drug-likeness (QED) is 0.295. The molecule has 0 bridgehead atoms. The van der Waals surface area contributed by atoms with Crippen LogP contribution in [0.4, 0.5) is 11.4 Å². The lowest BCUT2D eigenvalue weighted by atomic mass is 9.95. The Kier molecular flexibility index (Phi) is 7.14. The SMILES string of the molecule is Nc1ccc(C(OC(=O)CC(O)(CC(=O)O)C(=O)O)c2ccc(N)c(Cl)c2)cc1Cl. The fraction of sp³-hybridized carbons (Fsp3) is 0.211. The second kappa shape index (κ2) is 9.21. The smallest absolute Gasteiger partial charge is 0.336 e. The van der Waals surface area contributed by atoms with Crippen LogP contribution in [-0.4, -0.2) is 38.8 Å². The van der Waals surface area contributed by atoms with Crippen molar-refractivity contribution in [3.8, 4) is 0 Å². The van der Waals surface area contributed by atoms with Crippen LogP contribution in [0.1, 0.15) is 30.1 Å². The van der Waals surface area contributed by atoms with E-state index in [-0.39, 0.29) is 21.4 Å². The minimum atomic E-state index is -2.84. The predicted molar refractivity (Wildman–Crippen MR) is 109 cm³/mol. The second-order valence-corrected chi connectivity index (χ2v) is 7.33. The van der Waals surface area contributed by atoms with Gasteiger partial charge >= 0.3 is 17.9 Å². The number of hydrogen-bond donors (Lipinski definition) is 5. The average Bonchev–Trinajstić information content (AvgIpc) is 2.63. The number of carbonyl (C=O) groups is 3. The zero-order chi connectivity index (χ0) is 22.6. The molecule has 0 amide bonds. The Morgan fingerprint density at radius 3 is 1.77 bits per heavy atom. The highest BCUT2D eigenvalue weighted by Gasteiger charge is 2.42. The molecule has 0 heterocycles. The molecule has 7 N–H and O–H groups in total. The summed E-state index contributed by atoms with van der Waals surface area (Å²) in [5, 5.41) is 28.4. The highest BCUT2D eigenvalue weighted by atomic mass is 35.5. The number of aliphatic carboxylic acids is 2. The van der Waals surface area contributed by atoms with Gasteiger partial charge in [-0.3, -0.25) is 9.59 Å². The van der Waals surface area contributed by atoms with Gasteiger partial charge in [0.25, 0.3) is 0 Å². The standard InChI is InChI=1S/C19H18Cl2N2O7/c20-11-5-9(1-3-13(11)22)17(10-2-4-14(23)12(21)6-10)30-16(26)8-19(29,18(27)28)7-15(24)25/h1-6,17,29H,7-8,22-23H2,(H,24,25)(H,27,28). The molecule has 0 aliphatic carbocycles. The van der Waals surface area contributed by atoms with Crippen molar-refractivity contribution in [2.24, 2.45) is 0 Å². The van der Waals surface area contributed by atoms with E-state index in [0.717, 1.165) is 0 Å². The molecule has 2 aromatic rings. The van der Waals surface area contributed by atoms with Crippen molar-refractivity contribution in [2.45, 2.75) is 24.5 Å². The van der Waals surface area contributed by atoms with Crippen LogP contribution < -0.4 is 11.5 Å². The molecule has 30 heavy (non-hydrogen) atoms. The second-order valence-electron chi connectivity index (χ2n) is 6.52. The zero-order valence-corrected chi connectivity index (χ0v) is 16.9. The van der Waals surface area contributed by atoms with Crippen molar-refractivity contribution in [1.82, 2.24) is 0 Å². The van der Waals surface area contributed by atoms with Crippen molar-refractivity contribution in [1.29, 1.82) is 0 Å². The molecule has 0 saturated carbocycles. The molecule has 0 saturated heterocycles. The third kappa shape index (κ3) is 5.53. The van der Waals surface area contributed by atoms with E-state index in [2.05, 4.69) is 0 Å². The number of carboxylic acids is 2. The number of carbonyl (C=O) groups excluding carboxylic acids is 1. The van der Waals surface area contributed by atoms with E-state index < -0.39 is 42.5 Å². The first-order valence-corrected chi connectivity index (χ1v) is 9.15. The van der Waals surface area contributed by atoms with Crippen LogP contribution >= 0.6 is 23.2 Å². The van der Waals surface area contributed by atoms with E-state index in [1.807, 2.05) is 0 Å². The molecule has 9 nitrogen and oxygen atoms in total. The first-order chi connectivity index (χ1) is 13.9. The summed E-state index contributed by atoms with van der Waals surface area (Å²) in [4.78, 5) is 34.6. The van der Waals surface area contributed by atoms with Crippen LogP contribution in [0.2, 0.25) is 10.0 Å². The summed E-state index contributed by atoms with van der Waals surface area (Å²) < 4.78 is 5.39. The summed E-state index contributed by atoms with van der Waals surface area (Å²) in [6.45, 7) is 0. The molecule has 2 rings (SSSR count). The summed E-state index contributed by atoms with van der Waals surface area (Å²) in [6, 6.07) is 8.92. The van der Waals surface area contributed by atoms with Gasteiger partial charge in [-0.05, 0) is 35.4 Å². The molecule has 1 atom stereocenters. The van der Waals surface area contributed by atoms with Crippen LogP contribution in [0.5, 0.6) is 0 Å². The van der Waals surface area contributed by atoms with Gasteiger partial charge in [0.2, 0.25) is 0 Å². The third-order valence-corrected chi connectivity index (χ3v) is 4.84. The van der Waals surface area contributed by atoms with E-state index >= 15 is 0 Å². The maximum atomic E-state index is 12.5. The summed E-state index contributed by atoms with van der Waals surface area (Å²) in [6.07, 6.45) is -3.41. The van der Waals surface area contributed by atoms with Gasteiger partial charge in [0.1, 0.15) is 0 Å². The van der Waals surface area contributed by atoms with Crippen molar-refractivity contribution >= 4 is 52.5 Å². The molecule has 11 heteroatoms. The highest BCUT2D eigenvalue weighted by molar-refractivity contribution is 6.33. The molecule has 2 aromatic carbocycles. The van der Waals surface area contributed by atoms with Crippen LogP contribution in [0.3, 0.4) is 0 Å².